The average Bonchev–Trinajstić information content (AvgIpc) is 2.48. The van der Waals surface area contributed by atoms with E-state index in [1.807, 2.05) is 26.0 Å². The zero-order valence-corrected chi connectivity index (χ0v) is 16.5. The van der Waals surface area contributed by atoms with E-state index in [4.69, 9.17) is 21.1 Å². The normalized spacial score (nSPS) is 10.7. The van der Waals surface area contributed by atoms with E-state index in [1.54, 1.807) is 24.3 Å². The van der Waals surface area contributed by atoms with Gasteiger partial charge in [0.25, 0.3) is 0 Å². The van der Waals surface area contributed by atoms with Gasteiger partial charge in [-0.3, -0.25) is 0 Å². The Morgan fingerprint density at radius 3 is 2.30 bits per heavy atom. The summed E-state index contributed by atoms with van der Waals surface area (Å²) in [6.07, 6.45) is 0. The summed E-state index contributed by atoms with van der Waals surface area (Å²) < 4.78 is 12.6. The highest BCUT2D eigenvalue weighted by Crippen LogP contribution is 2.30. The lowest BCUT2D eigenvalue weighted by atomic mass is 10.0. The van der Waals surface area contributed by atoms with Gasteiger partial charge < -0.3 is 9.47 Å². The van der Waals surface area contributed by atoms with Gasteiger partial charge in [-0.05, 0) is 47.9 Å². The van der Waals surface area contributed by atoms with Crippen molar-refractivity contribution in [1.82, 2.24) is 0 Å². The van der Waals surface area contributed by atoms with Crippen LogP contribution in [0.25, 0.3) is 0 Å². The lowest BCUT2D eigenvalue weighted by Gasteiger charge is -2.14. The number of rotatable bonds is 5. The number of carbonyl (C=O) groups is 1. The van der Waals surface area contributed by atoms with Gasteiger partial charge in [0.15, 0.2) is 6.61 Å². The molecule has 0 aliphatic carbocycles. The third-order valence-electron chi connectivity index (χ3n) is 3.06. The van der Waals surface area contributed by atoms with Crippen LogP contribution in [0.15, 0.2) is 45.3 Å². The standard InChI is InChI=1S/C17H15Br2ClO3/c1-10(2)13-7-11(18)3-5-15(13)23-17(21)9-22-16-6-4-12(19)8-14(16)20/h3-8,10H,9H2,1-2H3. The molecule has 0 spiro atoms. The van der Waals surface area contributed by atoms with Crippen LogP contribution in [0.2, 0.25) is 5.02 Å². The molecule has 0 heterocycles. The molecule has 0 aliphatic rings. The van der Waals surface area contributed by atoms with E-state index in [9.17, 15) is 4.79 Å². The number of hydrogen-bond donors (Lipinski definition) is 0. The van der Waals surface area contributed by atoms with Crippen molar-refractivity contribution in [3.8, 4) is 11.5 Å². The van der Waals surface area contributed by atoms with Crippen LogP contribution in [0.4, 0.5) is 0 Å². The predicted molar refractivity (Wildman–Crippen MR) is 98.5 cm³/mol. The van der Waals surface area contributed by atoms with Gasteiger partial charge in [-0.15, -0.1) is 0 Å². The molecule has 0 bridgehead atoms. The molecule has 0 amide bonds. The summed E-state index contributed by atoms with van der Waals surface area (Å²) in [4.78, 5) is 12.0. The summed E-state index contributed by atoms with van der Waals surface area (Å²) in [7, 11) is 0. The van der Waals surface area contributed by atoms with E-state index in [-0.39, 0.29) is 12.5 Å². The number of carbonyl (C=O) groups excluding carboxylic acids is 1. The molecule has 0 aromatic heterocycles. The summed E-state index contributed by atoms with van der Waals surface area (Å²) in [5, 5.41) is 0.429. The largest absolute Gasteiger partial charge is 0.480 e. The molecule has 0 unspecified atom stereocenters. The van der Waals surface area contributed by atoms with Crippen molar-refractivity contribution < 1.29 is 14.3 Å². The van der Waals surface area contributed by atoms with Crippen LogP contribution >= 0.6 is 43.5 Å². The Morgan fingerprint density at radius 1 is 1.09 bits per heavy atom. The molecule has 0 fully saturated rings. The minimum absolute atomic E-state index is 0.213. The van der Waals surface area contributed by atoms with Gasteiger partial charge in [0.2, 0.25) is 0 Å². The predicted octanol–water partition coefficient (Wildman–Crippen LogP) is 5.97. The van der Waals surface area contributed by atoms with E-state index in [0.29, 0.717) is 16.5 Å². The monoisotopic (exact) mass is 460 g/mol. The van der Waals surface area contributed by atoms with Gasteiger partial charge in [-0.2, -0.15) is 0 Å². The third kappa shape index (κ3) is 5.23. The average molecular weight is 463 g/mol. The lowest BCUT2D eigenvalue weighted by molar-refractivity contribution is -0.136. The SMILES string of the molecule is CC(C)c1cc(Br)ccc1OC(=O)COc1ccc(Br)cc1Cl. The van der Waals surface area contributed by atoms with E-state index >= 15 is 0 Å². The molecule has 2 aromatic carbocycles. The number of hydrogen-bond acceptors (Lipinski definition) is 3. The highest BCUT2D eigenvalue weighted by atomic mass is 79.9. The Bertz CT molecular complexity index is 717. The number of halogens is 3. The number of ether oxygens (including phenoxy) is 2. The topological polar surface area (TPSA) is 35.5 Å². The van der Waals surface area contributed by atoms with E-state index in [1.165, 1.54) is 0 Å². The molecule has 122 valence electrons. The number of esters is 1. The summed E-state index contributed by atoms with van der Waals surface area (Å²) in [6.45, 7) is 3.86. The maximum atomic E-state index is 12.0. The third-order valence-corrected chi connectivity index (χ3v) is 4.34. The molecule has 0 aliphatic heterocycles. The van der Waals surface area contributed by atoms with Crippen molar-refractivity contribution in [2.45, 2.75) is 19.8 Å². The maximum Gasteiger partial charge on any atom is 0.349 e. The molecule has 6 heteroatoms. The fourth-order valence-corrected chi connectivity index (χ4v) is 3.05. The first kappa shape index (κ1) is 18.3. The summed E-state index contributed by atoms with van der Waals surface area (Å²) in [6, 6.07) is 10.7. The van der Waals surface area contributed by atoms with Crippen molar-refractivity contribution in [3.05, 3.63) is 55.9 Å². The van der Waals surface area contributed by atoms with E-state index < -0.39 is 5.97 Å². The molecule has 3 nitrogen and oxygen atoms in total. The second-order valence-electron chi connectivity index (χ2n) is 5.17. The van der Waals surface area contributed by atoms with Gasteiger partial charge in [0.1, 0.15) is 11.5 Å². The minimum atomic E-state index is -0.479. The zero-order chi connectivity index (χ0) is 17.0. The van der Waals surface area contributed by atoms with E-state index in [2.05, 4.69) is 31.9 Å². The molecular weight excluding hydrogens is 447 g/mol. The molecule has 0 radical (unpaired) electrons. The summed E-state index contributed by atoms with van der Waals surface area (Å²) >= 11 is 12.8. The van der Waals surface area contributed by atoms with Crippen molar-refractivity contribution in [1.29, 1.82) is 0 Å². The van der Waals surface area contributed by atoms with Crippen LogP contribution in [0, 0.1) is 0 Å². The van der Waals surface area contributed by atoms with E-state index in [0.717, 1.165) is 14.5 Å². The summed E-state index contributed by atoms with van der Waals surface area (Å²) in [5.74, 6) is 0.732. The molecule has 0 saturated heterocycles. The second kappa shape index (κ2) is 8.18. The molecule has 2 aromatic rings. The Labute approximate surface area is 157 Å². The van der Waals surface area contributed by atoms with Crippen LogP contribution in [0.5, 0.6) is 11.5 Å². The van der Waals surface area contributed by atoms with Crippen LogP contribution in [-0.4, -0.2) is 12.6 Å². The van der Waals surface area contributed by atoms with Crippen molar-refractivity contribution in [3.63, 3.8) is 0 Å². The first-order valence-corrected chi connectivity index (χ1v) is 8.91. The quantitative estimate of drug-likeness (QED) is 0.406. The Hall–Kier alpha value is -1.04. The first-order valence-electron chi connectivity index (χ1n) is 6.95. The maximum absolute atomic E-state index is 12.0. The van der Waals surface area contributed by atoms with Crippen LogP contribution < -0.4 is 9.47 Å². The highest BCUT2D eigenvalue weighted by molar-refractivity contribution is 9.10. The molecular formula is C17H15Br2ClO3. The van der Waals surface area contributed by atoms with Crippen LogP contribution in [-0.2, 0) is 4.79 Å². The fraction of sp³-hybridized carbons (Fsp3) is 0.235. The molecule has 0 atom stereocenters. The van der Waals surface area contributed by atoms with Crippen molar-refractivity contribution in [2.75, 3.05) is 6.61 Å². The highest BCUT2D eigenvalue weighted by Gasteiger charge is 2.14. The lowest BCUT2D eigenvalue weighted by Crippen LogP contribution is -2.18. The van der Waals surface area contributed by atoms with Gasteiger partial charge >= 0.3 is 5.97 Å². The molecule has 0 saturated carbocycles. The van der Waals surface area contributed by atoms with Gasteiger partial charge in [0.05, 0.1) is 5.02 Å². The van der Waals surface area contributed by atoms with Crippen LogP contribution in [0.1, 0.15) is 25.3 Å². The molecule has 23 heavy (non-hydrogen) atoms. The smallest absolute Gasteiger partial charge is 0.349 e. The van der Waals surface area contributed by atoms with Gasteiger partial charge in [-0.1, -0.05) is 57.3 Å². The molecule has 2 rings (SSSR count). The second-order valence-corrected chi connectivity index (χ2v) is 7.41. The zero-order valence-electron chi connectivity index (χ0n) is 12.6. The fourth-order valence-electron chi connectivity index (χ4n) is 1.94. The number of benzene rings is 2. The first-order chi connectivity index (χ1) is 10.9. The van der Waals surface area contributed by atoms with Crippen LogP contribution in [0.3, 0.4) is 0 Å². The summed E-state index contributed by atoms with van der Waals surface area (Å²) in [5.41, 5.74) is 0.953. The van der Waals surface area contributed by atoms with Crippen molar-refractivity contribution >= 4 is 49.4 Å². The Balaban J connectivity index is 2.03. The van der Waals surface area contributed by atoms with Gasteiger partial charge in [0, 0.05) is 8.95 Å². The Morgan fingerprint density at radius 2 is 1.70 bits per heavy atom. The Kier molecular flexibility index (Phi) is 6.50. The van der Waals surface area contributed by atoms with Gasteiger partial charge in [-0.25, -0.2) is 4.79 Å². The van der Waals surface area contributed by atoms with Crippen molar-refractivity contribution in [2.24, 2.45) is 0 Å². The molecule has 0 N–H and O–H groups in total. The minimum Gasteiger partial charge on any atom is -0.480 e.